The van der Waals surface area contributed by atoms with Crippen LogP contribution in [0.5, 0.6) is 11.5 Å². The molecule has 0 amide bonds. The van der Waals surface area contributed by atoms with Crippen LogP contribution in [0.3, 0.4) is 0 Å². The first-order valence-corrected chi connectivity index (χ1v) is 11.4. The molecule has 0 fully saturated rings. The number of rotatable bonds is 10. The minimum absolute atomic E-state index is 0. The van der Waals surface area contributed by atoms with Crippen LogP contribution in [0.2, 0.25) is 0 Å². The van der Waals surface area contributed by atoms with Crippen molar-refractivity contribution in [1.29, 1.82) is 0 Å². The second kappa shape index (κ2) is 12.9. The number of aliphatic hydroxyl groups is 1. The van der Waals surface area contributed by atoms with Crippen LogP contribution in [0.4, 0.5) is 0 Å². The fourth-order valence-corrected chi connectivity index (χ4v) is 3.90. The average Bonchev–Trinajstić information content (AvgIpc) is 2.78. The molecular formula is C26H31BrClNO3. The van der Waals surface area contributed by atoms with E-state index in [1.165, 1.54) is 5.56 Å². The summed E-state index contributed by atoms with van der Waals surface area (Å²) in [5.74, 6) is 1.40. The van der Waals surface area contributed by atoms with Crippen molar-refractivity contribution in [3.05, 3.63) is 93.5 Å². The monoisotopic (exact) mass is 519 g/mol. The summed E-state index contributed by atoms with van der Waals surface area (Å²) in [6.45, 7) is 7.63. The van der Waals surface area contributed by atoms with Gasteiger partial charge in [0.1, 0.15) is 6.61 Å². The SMILES string of the molecule is CCOc1cc(CNC(C)C(O)c2ccccc2)cc(Br)c1OCc1ccc(C)cc1.Cl. The number of aliphatic hydroxyl groups excluding tert-OH is 1. The highest BCUT2D eigenvalue weighted by atomic mass is 79.9. The Balaban J connectivity index is 0.00000363. The first-order chi connectivity index (χ1) is 15.0. The van der Waals surface area contributed by atoms with Crippen molar-refractivity contribution in [2.75, 3.05) is 6.61 Å². The second-order valence-electron chi connectivity index (χ2n) is 7.64. The van der Waals surface area contributed by atoms with Crippen molar-refractivity contribution in [3.8, 4) is 11.5 Å². The molecule has 6 heteroatoms. The average molecular weight is 521 g/mol. The molecule has 2 unspecified atom stereocenters. The lowest BCUT2D eigenvalue weighted by Crippen LogP contribution is -2.31. The van der Waals surface area contributed by atoms with E-state index in [4.69, 9.17) is 9.47 Å². The Bertz CT molecular complexity index is 967. The van der Waals surface area contributed by atoms with Gasteiger partial charge in [0.2, 0.25) is 0 Å². The van der Waals surface area contributed by atoms with Gasteiger partial charge in [0, 0.05) is 12.6 Å². The highest BCUT2D eigenvalue weighted by molar-refractivity contribution is 9.10. The van der Waals surface area contributed by atoms with Gasteiger partial charge in [0.25, 0.3) is 0 Å². The van der Waals surface area contributed by atoms with Gasteiger partial charge in [-0.1, -0.05) is 60.2 Å². The maximum absolute atomic E-state index is 10.6. The van der Waals surface area contributed by atoms with Crippen LogP contribution in [0.25, 0.3) is 0 Å². The summed E-state index contributed by atoms with van der Waals surface area (Å²) in [6.07, 6.45) is -0.576. The summed E-state index contributed by atoms with van der Waals surface area (Å²) in [5, 5.41) is 14.0. The van der Waals surface area contributed by atoms with E-state index in [-0.39, 0.29) is 18.4 Å². The van der Waals surface area contributed by atoms with Crippen LogP contribution < -0.4 is 14.8 Å². The fraction of sp³-hybridized carbons (Fsp3) is 0.308. The van der Waals surface area contributed by atoms with Crippen molar-refractivity contribution < 1.29 is 14.6 Å². The molecule has 3 rings (SSSR count). The van der Waals surface area contributed by atoms with E-state index in [1.807, 2.05) is 56.3 Å². The first kappa shape index (κ1) is 26.2. The molecule has 0 saturated carbocycles. The normalized spacial score (nSPS) is 12.5. The van der Waals surface area contributed by atoms with Gasteiger partial charge in [-0.05, 0) is 65.5 Å². The van der Waals surface area contributed by atoms with E-state index in [2.05, 4.69) is 52.4 Å². The Morgan fingerprint density at radius 3 is 2.31 bits per heavy atom. The van der Waals surface area contributed by atoms with Crippen LogP contribution in [0.1, 0.15) is 42.2 Å². The molecule has 0 aliphatic carbocycles. The molecule has 0 aliphatic heterocycles. The minimum Gasteiger partial charge on any atom is -0.490 e. The van der Waals surface area contributed by atoms with Gasteiger partial charge in [-0.3, -0.25) is 0 Å². The summed E-state index contributed by atoms with van der Waals surface area (Å²) in [5.41, 5.74) is 4.28. The molecule has 2 atom stereocenters. The molecule has 3 aromatic rings. The smallest absolute Gasteiger partial charge is 0.175 e. The Labute approximate surface area is 205 Å². The molecular weight excluding hydrogens is 490 g/mol. The van der Waals surface area contributed by atoms with Crippen LogP contribution in [0.15, 0.2) is 71.2 Å². The van der Waals surface area contributed by atoms with E-state index in [0.29, 0.717) is 31.3 Å². The standard InChI is InChI=1S/C26H30BrNO3.ClH/c1-4-30-24-15-21(16-28-19(3)25(29)22-8-6-5-7-9-22)14-23(27)26(24)31-17-20-12-10-18(2)11-13-20;/h5-15,19,25,28-29H,4,16-17H2,1-3H3;1H. The Hall–Kier alpha value is -2.05. The van der Waals surface area contributed by atoms with E-state index < -0.39 is 6.10 Å². The molecule has 3 aromatic carbocycles. The zero-order valence-electron chi connectivity index (χ0n) is 18.7. The molecule has 4 nitrogen and oxygen atoms in total. The number of ether oxygens (including phenoxy) is 2. The van der Waals surface area contributed by atoms with Gasteiger partial charge in [0.15, 0.2) is 11.5 Å². The van der Waals surface area contributed by atoms with E-state index >= 15 is 0 Å². The Kier molecular flexibility index (Phi) is 10.5. The predicted octanol–water partition coefficient (Wildman–Crippen LogP) is 6.37. The summed E-state index contributed by atoms with van der Waals surface area (Å²) in [7, 11) is 0. The van der Waals surface area contributed by atoms with Crippen molar-refractivity contribution in [2.45, 2.75) is 46.1 Å². The largest absolute Gasteiger partial charge is 0.490 e. The lowest BCUT2D eigenvalue weighted by molar-refractivity contribution is 0.135. The van der Waals surface area contributed by atoms with Gasteiger partial charge in [-0.2, -0.15) is 0 Å². The predicted molar refractivity (Wildman–Crippen MR) is 136 cm³/mol. The molecule has 172 valence electrons. The maximum Gasteiger partial charge on any atom is 0.175 e. The van der Waals surface area contributed by atoms with Gasteiger partial charge in [-0.25, -0.2) is 0 Å². The lowest BCUT2D eigenvalue weighted by Gasteiger charge is -2.21. The first-order valence-electron chi connectivity index (χ1n) is 10.6. The number of hydrogen-bond acceptors (Lipinski definition) is 4. The second-order valence-corrected chi connectivity index (χ2v) is 8.49. The molecule has 0 spiro atoms. The number of aryl methyl sites for hydroxylation is 1. The maximum atomic E-state index is 10.6. The van der Waals surface area contributed by atoms with Crippen molar-refractivity contribution in [2.24, 2.45) is 0 Å². The molecule has 32 heavy (non-hydrogen) atoms. The van der Waals surface area contributed by atoms with E-state index in [1.54, 1.807) is 0 Å². The molecule has 2 N–H and O–H groups in total. The Morgan fingerprint density at radius 1 is 0.969 bits per heavy atom. The Morgan fingerprint density at radius 2 is 1.66 bits per heavy atom. The van der Waals surface area contributed by atoms with Crippen molar-refractivity contribution in [1.82, 2.24) is 5.32 Å². The van der Waals surface area contributed by atoms with Gasteiger partial charge in [0.05, 0.1) is 17.2 Å². The zero-order chi connectivity index (χ0) is 22.2. The minimum atomic E-state index is -0.576. The molecule has 0 saturated heterocycles. The van der Waals surface area contributed by atoms with Crippen LogP contribution >= 0.6 is 28.3 Å². The number of nitrogens with one attached hydrogen (secondary N) is 1. The van der Waals surface area contributed by atoms with E-state index in [9.17, 15) is 5.11 Å². The molecule has 0 bridgehead atoms. The molecule has 0 radical (unpaired) electrons. The van der Waals surface area contributed by atoms with E-state index in [0.717, 1.165) is 21.2 Å². The summed E-state index contributed by atoms with van der Waals surface area (Å²) in [4.78, 5) is 0. The summed E-state index contributed by atoms with van der Waals surface area (Å²) in [6, 6.07) is 21.9. The molecule has 0 aromatic heterocycles. The summed E-state index contributed by atoms with van der Waals surface area (Å²) < 4.78 is 12.8. The van der Waals surface area contributed by atoms with Gasteiger partial charge in [-0.15, -0.1) is 12.4 Å². The zero-order valence-corrected chi connectivity index (χ0v) is 21.1. The fourth-order valence-electron chi connectivity index (χ4n) is 3.30. The third-order valence-electron chi connectivity index (χ3n) is 5.12. The van der Waals surface area contributed by atoms with Gasteiger partial charge < -0.3 is 19.9 Å². The number of hydrogen-bond donors (Lipinski definition) is 2. The lowest BCUT2D eigenvalue weighted by atomic mass is 10.0. The highest BCUT2D eigenvalue weighted by Crippen LogP contribution is 2.37. The van der Waals surface area contributed by atoms with Gasteiger partial charge >= 0.3 is 0 Å². The topological polar surface area (TPSA) is 50.7 Å². The summed E-state index contributed by atoms with van der Waals surface area (Å²) >= 11 is 3.64. The quantitative estimate of drug-likeness (QED) is 0.326. The van der Waals surface area contributed by atoms with Crippen LogP contribution in [-0.2, 0) is 13.2 Å². The highest BCUT2D eigenvalue weighted by Gasteiger charge is 2.17. The number of benzene rings is 3. The third kappa shape index (κ3) is 7.24. The number of halogens is 2. The van der Waals surface area contributed by atoms with Crippen molar-refractivity contribution >= 4 is 28.3 Å². The molecule has 0 heterocycles. The third-order valence-corrected chi connectivity index (χ3v) is 5.70. The van der Waals surface area contributed by atoms with Crippen molar-refractivity contribution in [3.63, 3.8) is 0 Å². The molecule has 0 aliphatic rings. The van der Waals surface area contributed by atoms with Crippen LogP contribution in [0, 0.1) is 6.92 Å². The van der Waals surface area contributed by atoms with Crippen LogP contribution in [-0.4, -0.2) is 17.8 Å².